The Morgan fingerprint density at radius 1 is 1.06 bits per heavy atom. The summed E-state index contributed by atoms with van der Waals surface area (Å²) in [6, 6.07) is 10.4. The highest BCUT2D eigenvalue weighted by Crippen LogP contribution is 2.38. The maximum atomic E-state index is 13.9. The minimum absolute atomic E-state index is 0.115. The Hall–Kier alpha value is -2.16. The van der Waals surface area contributed by atoms with Crippen LogP contribution in [0.1, 0.15) is 57.9 Å². The molecule has 1 aliphatic heterocycles. The molecule has 0 unspecified atom stereocenters. The number of carbonyl (C=O) groups is 2. The van der Waals surface area contributed by atoms with Crippen LogP contribution in [0.5, 0.6) is 0 Å². The number of aliphatic hydroxyl groups is 2. The van der Waals surface area contributed by atoms with E-state index in [4.69, 9.17) is 5.11 Å². The molecule has 2 fully saturated rings. The lowest BCUT2D eigenvalue weighted by molar-refractivity contribution is -0.130. The normalized spacial score (nSPS) is 23.3. The number of benzene rings is 1. The van der Waals surface area contributed by atoms with Crippen LogP contribution < -0.4 is 5.32 Å². The largest absolute Gasteiger partial charge is 0.395 e. The van der Waals surface area contributed by atoms with Crippen molar-refractivity contribution in [1.82, 2.24) is 20.0 Å². The first-order chi connectivity index (χ1) is 16.5. The Labute approximate surface area is 210 Å². The van der Waals surface area contributed by atoms with Crippen LogP contribution in [0, 0.1) is 5.41 Å². The first kappa shape index (κ1) is 27.4. The summed E-state index contributed by atoms with van der Waals surface area (Å²) in [6.45, 7) is 5.39. The number of hydrogen-bond donors (Lipinski definition) is 3. The molecule has 35 heavy (non-hydrogen) atoms. The van der Waals surface area contributed by atoms with Crippen molar-refractivity contribution in [3.63, 3.8) is 0 Å². The van der Waals surface area contributed by atoms with Gasteiger partial charge in [-0.15, -0.1) is 0 Å². The number of rotatable bonds is 9. The molecular formula is C27H44N4O4. The third-order valence-electron chi connectivity index (χ3n) is 7.89. The number of aliphatic hydroxyl groups excluding tert-OH is 1. The summed E-state index contributed by atoms with van der Waals surface area (Å²) in [5.41, 5.74) is -0.629. The Balaban J connectivity index is 1.89. The Bertz CT molecular complexity index is 856. The molecule has 8 heteroatoms. The van der Waals surface area contributed by atoms with Crippen LogP contribution in [0.4, 0.5) is 4.79 Å². The molecule has 3 amide bonds. The van der Waals surface area contributed by atoms with Gasteiger partial charge in [0, 0.05) is 31.7 Å². The van der Waals surface area contributed by atoms with Gasteiger partial charge in [-0.25, -0.2) is 4.79 Å². The van der Waals surface area contributed by atoms with Crippen LogP contribution in [0.25, 0.3) is 0 Å². The molecule has 1 aromatic rings. The van der Waals surface area contributed by atoms with E-state index in [1.165, 1.54) is 5.56 Å². The van der Waals surface area contributed by atoms with E-state index in [0.29, 0.717) is 32.5 Å². The van der Waals surface area contributed by atoms with E-state index >= 15 is 0 Å². The zero-order valence-electron chi connectivity index (χ0n) is 21.9. The van der Waals surface area contributed by atoms with E-state index in [9.17, 15) is 14.7 Å². The molecule has 1 saturated heterocycles. The van der Waals surface area contributed by atoms with E-state index in [1.807, 2.05) is 24.8 Å². The summed E-state index contributed by atoms with van der Waals surface area (Å²) in [5, 5.41) is 22.8. The zero-order chi connectivity index (χ0) is 25.7. The summed E-state index contributed by atoms with van der Waals surface area (Å²) in [5.74, 6) is -0.185. The van der Waals surface area contributed by atoms with Gasteiger partial charge < -0.3 is 25.3 Å². The summed E-state index contributed by atoms with van der Waals surface area (Å²) < 4.78 is 0. The summed E-state index contributed by atoms with van der Waals surface area (Å²) in [4.78, 5) is 32.5. The van der Waals surface area contributed by atoms with Crippen molar-refractivity contribution in [3.8, 4) is 0 Å². The molecule has 1 saturated carbocycles. The average Bonchev–Trinajstić information content (AvgIpc) is 2.87. The quantitative estimate of drug-likeness (QED) is 0.496. The number of amides is 3. The van der Waals surface area contributed by atoms with Crippen molar-refractivity contribution < 1.29 is 19.8 Å². The highest BCUT2D eigenvalue weighted by molar-refractivity contribution is 5.83. The number of carbonyl (C=O) groups excluding carboxylic acids is 2. The number of nitrogens with one attached hydrogen (secondary N) is 1. The van der Waals surface area contributed by atoms with Crippen molar-refractivity contribution in [1.29, 1.82) is 0 Å². The molecular weight excluding hydrogens is 444 g/mol. The van der Waals surface area contributed by atoms with Gasteiger partial charge in [0.25, 0.3) is 0 Å². The molecule has 0 aromatic heterocycles. The topological polar surface area (TPSA) is 96.3 Å². The fourth-order valence-corrected chi connectivity index (χ4v) is 5.49. The molecule has 0 bridgehead atoms. The van der Waals surface area contributed by atoms with Crippen molar-refractivity contribution in [2.45, 2.75) is 63.5 Å². The van der Waals surface area contributed by atoms with Gasteiger partial charge in [0.1, 0.15) is 0 Å². The van der Waals surface area contributed by atoms with Gasteiger partial charge in [0.15, 0.2) is 0 Å². The van der Waals surface area contributed by atoms with Crippen LogP contribution in [0.3, 0.4) is 0 Å². The van der Waals surface area contributed by atoms with Crippen LogP contribution in [-0.4, -0.2) is 95.9 Å². The highest BCUT2D eigenvalue weighted by atomic mass is 16.3. The second-order valence-electron chi connectivity index (χ2n) is 11.2. The maximum absolute atomic E-state index is 13.9. The molecule has 3 N–H and O–H groups in total. The van der Waals surface area contributed by atoms with E-state index in [2.05, 4.69) is 48.6 Å². The molecule has 8 nitrogen and oxygen atoms in total. The first-order valence-corrected chi connectivity index (χ1v) is 12.9. The average molecular weight is 489 g/mol. The molecule has 196 valence electrons. The second kappa shape index (κ2) is 11.3. The Morgan fingerprint density at radius 3 is 2.31 bits per heavy atom. The van der Waals surface area contributed by atoms with Gasteiger partial charge >= 0.3 is 6.03 Å². The summed E-state index contributed by atoms with van der Waals surface area (Å²) in [7, 11) is 4.20. The highest BCUT2D eigenvalue weighted by Gasteiger charge is 2.42. The van der Waals surface area contributed by atoms with Crippen molar-refractivity contribution in [2.75, 3.05) is 53.4 Å². The van der Waals surface area contributed by atoms with Gasteiger partial charge in [-0.3, -0.25) is 9.69 Å². The lowest BCUT2D eigenvalue weighted by Crippen LogP contribution is -2.56. The number of hydrogen-bond acceptors (Lipinski definition) is 5. The monoisotopic (exact) mass is 488 g/mol. The van der Waals surface area contributed by atoms with Crippen LogP contribution in [-0.2, 0) is 10.3 Å². The number of nitrogens with zero attached hydrogens (tertiary/aromatic N) is 3. The van der Waals surface area contributed by atoms with E-state index < -0.39 is 11.0 Å². The smallest absolute Gasteiger partial charge is 0.320 e. The summed E-state index contributed by atoms with van der Waals surface area (Å²) >= 11 is 0. The molecule has 2 aliphatic rings. The van der Waals surface area contributed by atoms with Gasteiger partial charge in [0.2, 0.25) is 5.91 Å². The minimum atomic E-state index is -0.822. The lowest BCUT2D eigenvalue weighted by atomic mass is 9.79. The van der Waals surface area contributed by atoms with Crippen molar-refractivity contribution >= 4 is 11.9 Å². The number of β-amino-alcohol motifs (C(OH)–C–C–N with tert-alkyl or cyclic N) is 1. The fraction of sp³-hybridized carbons (Fsp3) is 0.704. The Kier molecular flexibility index (Phi) is 8.83. The van der Waals surface area contributed by atoms with E-state index in [-0.39, 0.29) is 37.2 Å². The lowest BCUT2D eigenvalue weighted by Gasteiger charge is -2.44. The van der Waals surface area contributed by atoms with E-state index in [0.717, 1.165) is 25.7 Å². The van der Waals surface area contributed by atoms with Gasteiger partial charge in [-0.05, 0) is 72.0 Å². The van der Waals surface area contributed by atoms with Crippen LogP contribution in [0.2, 0.25) is 0 Å². The van der Waals surface area contributed by atoms with Gasteiger partial charge in [-0.1, -0.05) is 30.3 Å². The van der Waals surface area contributed by atoms with Gasteiger partial charge in [-0.2, -0.15) is 0 Å². The van der Waals surface area contributed by atoms with E-state index in [1.54, 1.807) is 4.90 Å². The Morgan fingerprint density at radius 2 is 1.74 bits per heavy atom. The van der Waals surface area contributed by atoms with Gasteiger partial charge in [0.05, 0.1) is 24.2 Å². The third-order valence-corrected chi connectivity index (χ3v) is 7.89. The third kappa shape index (κ3) is 6.35. The molecule has 1 atom stereocenters. The van der Waals surface area contributed by atoms with Crippen LogP contribution >= 0.6 is 0 Å². The predicted molar refractivity (Wildman–Crippen MR) is 137 cm³/mol. The second-order valence-corrected chi connectivity index (χ2v) is 11.2. The minimum Gasteiger partial charge on any atom is -0.395 e. The fourth-order valence-electron chi connectivity index (χ4n) is 5.49. The zero-order valence-corrected chi connectivity index (χ0v) is 21.9. The maximum Gasteiger partial charge on any atom is 0.320 e. The first-order valence-electron chi connectivity index (χ1n) is 12.9. The molecule has 0 radical (unpaired) electrons. The molecule has 1 heterocycles. The molecule has 3 rings (SSSR count). The molecule has 1 aromatic carbocycles. The van der Waals surface area contributed by atoms with Crippen molar-refractivity contribution in [2.24, 2.45) is 5.41 Å². The van der Waals surface area contributed by atoms with Crippen molar-refractivity contribution in [3.05, 3.63) is 35.9 Å². The molecule has 0 spiro atoms. The van der Waals surface area contributed by atoms with Crippen LogP contribution in [0.15, 0.2) is 30.3 Å². The predicted octanol–water partition coefficient (Wildman–Crippen LogP) is 2.40. The number of urea groups is 1. The summed E-state index contributed by atoms with van der Waals surface area (Å²) in [6.07, 6.45) is 4.84. The SMILES string of the molecule is CN(C)[C@@]1(c2ccccc2)CCCN(CC(C)(C)C(=O)NCCO)C(=O)N(CC2(O)CCC2)CC1. The molecule has 1 aliphatic carbocycles. The standard InChI is InChI=1S/C27H44N4O4/c1-25(2,23(33)28-16-19-32)20-30-17-9-14-27(29(3)4,22-10-6-5-7-11-22)15-18-31(24(30)34)21-26(35)12-8-13-26/h5-7,10-11,32,35H,8-9,12-21H2,1-4H3,(H,28,33)/t27-/m0/s1.